The zero-order valence-electron chi connectivity index (χ0n) is 12.3. The van der Waals surface area contributed by atoms with E-state index in [1.807, 2.05) is 20.8 Å². The van der Waals surface area contributed by atoms with Crippen molar-refractivity contribution in [2.45, 2.75) is 39.7 Å². The summed E-state index contributed by atoms with van der Waals surface area (Å²) in [4.78, 5) is 37.0. The van der Waals surface area contributed by atoms with Crippen LogP contribution < -0.4 is 5.32 Å². The van der Waals surface area contributed by atoms with E-state index in [4.69, 9.17) is 4.74 Å². The summed E-state index contributed by atoms with van der Waals surface area (Å²) >= 11 is 0. The SMILES string of the molecule is CCC(=O)N1CCN(C=O)C=C1OC(=O)NC(C)(C)C. The molecule has 0 radical (unpaired) electrons. The first kappa shape index (κ1) is 16.0. The van der Waals surface area contributed by atoms with E-state index in [9.17, 15) is 14.4 Å². The Balaban J connectivity index is 2.84. The molecular formula is C13H21N3O4. The highest BCUT2D eigenvalue weighted by molar-refractivity contribution is 5.79. The summed E-state index contributed by atoms with van der Waals surface area (Å²) in [6.45, 7) is 7.85. The molecule has 0 aliphatic carbocycles. The van der Waals surface area contributed by atoms with Crippen molar-refractivity contribution in [2.75, 3.05) is 13.1 Å². The fourth-order valence-corrected chi connectivity index (χ4v) is 1.63. The highest BCUT2D eigenvalue weighted by atomic mass is 16.6. The minimum Gasteiger partial charge on any atom is -0.391 e. The van der Waals surface area contributed by atoms with E-state index in [0.29, 0.717) is 25.9 Å². The van der Waals surface area contributed by atoms with Gasteiger partial charge in [0, 0.05) is 25.0 Å². The predicted octanol–water partition coefficient (Wildman–Crippen LogP) is 1.02. The lowest BCUT2D eigenvalue weighted by Gasteiger charge is -2.31. The Morgan fingerprint density at radius 3 is 2.55 bits per heavy atom. The van der Waals surface area contributed by atoms with Crippen molar-refractivity contribution in [1.29, 1.82) is 0 Å². The van der Waals surface area contributed by atoms with E-state index in [1.54, 1.807) is 6.92 Å². The highest BCUT2D eigenvalue weighted by Gasteiger charge is 2.26. The third-order valence-electron chi connectivity index (χ3n) is 2.54. The summed E-state index contributed by atoms with van der Waals surface area (Å²) in [5.41, 5.74) is -0.448. The van der Waals surface area contributed by atoms with Crippen molar-refractivity contribution in [2.24, 2.45) is 0 Å². The van der Waals surface area contributed by atoms with Gasteiger partial charge in [-0.15, -0.1) is 0 Å². The Bertz CT molecular complexity index is 426. The Morgan fingerprint density at radius 1 is 1.40 bits per heavy atom. The van der Waals surface area contributed by atoms with Crippen LogP contribution in [0.5, 0.6) is 0 Å². The smallest absolute Gasteiger partial charge is 0.391 e. The number of hydrogen-bond acceptors (Lipinski definition) is 4. The van der Waals surface area contributed by atoms with Gasteiger partial charge in [0.15, 0.2) is 0 Å². The van der Waals surface area contributed by atoms with Gasteiger partial charge in [-0.1, -0.05) is 6.92 Å². The van der Waals surface area contributed by atoms with Gasteiger partial charge in [0.2, 0.25) is 18.2 Å². The van der Waals surface area contributed by atoms with Gasteiger partial charge in [0.1, 0.15) is 0 Å². The normalized spacial score (nSPS) is 15.5. The molecule has 0 aromatic rings. The summed E-state index contributed by atoms with van der Waals surface area (Å²) in [6.07, 6.45) is 1.61. The first-order valence-electron chi connectivity index (χ1n) is 6.50. The molecule has 1 aliphatic rings. The Kier molecular flexibility index (Phi) is 5.12. The quantitative estimate of drug-likeness (QED) is 0.784. The van der Waals surface area contributed by atoms with Crippen LogP contribution in [0.4, 0.5) is 4.79 Å². The zero-order chi connectivity index (χ0) is 15.3. The molecule has 1 aliphatic heterocycles. The van der Waals surface area contributed by atoms with Gasteiger partial charge in [0.05, 0.1) is 6.20 Å². The molecule has 0 atom stereocenters. The highest BCUT2D eigenvalue weighted by Crippen LogP contribution is 2.15. The number of rotatable bonds is 3. The molecule has 7 heteroatoms. The third-order valence-corrected chi connectivity index (χ3v) is 2.54. The lowest BCUT2D eigenvalue weighted by Crippen LogP contribution is -2.45. The zero-order valence-corrected chi connectivity index (χ0v) is 12.3. The molecule has 7 nitrogen and oxygen atoms in total. The van der Waals surface area contributed by atoms with Crippen molar-refractivity contribution in [3.8, 4) is 0 Å². The molecule has 1 heterocycles. The molecular weight excluding hydrogens is 262 g/mol. The Labute approximate surface area is 118 Å². The summed E-state index contributed by atoms with van der Waals surface area (Å²) in [5, 5.41) is 2.63. The van der Waals surface area contributed by atoms with Crippen LogP contribution in [0.2, 0.25) is 0 Å². The predicted molar refractivity (Wildman–Crippen MR) is 72.2 cm³/mol. The van der Waals surface area contributed by atoms with Crippen LogP contribution in [0.25, 0.3) is 0 Å². The second-order valence-electron chi connectivity index (χ2n) is 5.47. The topological polar surface area (TPSA) is 79.0 Å². The Morgan fingerprint density at radius 2 is 2.05 bits per heavy atom. The molecule has 20 heavy (non-hydrogen) atoms. The van der Waals surface area contributed by atoms with Gasteiger partial charge in [-0.25, -0.2) is 4.79 Å². The van der Waals surface area contributed by atoms with E-state index in [1.165, 1.54) is 16.0 Å². The largest absolute Gasteiger partial charge is 0.414 e. The average molecular weight is 283 g/mol. The number of nitrogens with zero attached hydrogens (tertiary/aromatic N) is 2. The van der Waals surface area contributed by atoms with Crippen molar-refractivity contribution in [1.82, 2.24) is 15.1 Å². The van der Waals surface area contributed by atoms with Crippen LogP contribution in [0.1, 0.15) is 34.1 Å². The number of nitrogens with one attached hydrogen (secondary N) is 1. The number of ether oxygens (including phenoxy) is 1. The first-order valence-corrected chi connectivity index (χ1v) is 6.50. The average Bonchev–Trinajstić information content (AvgIpc) is 2.35. The lowest BCUT2D eigenvalue weighted by atomic mass is 10.1. The van der Waals surface area contributed by atoms with E-state index in [2.05, 4.69) is 5.32 Å². The van der Waals surface area contributed by atoms with Gasteiger partial charge in [-0.2, -0.15) is 0 Å². The summed E-state index contributed by atoms with van der Waals surface area (Å²) in [6, 6.07) is 0. The van der Waals surface area contributed by atoms with Crippen LogP contribution in [-0.2, 0) is 14.3 Å². The standard InChI is InChI=1S/C13H21N3O4/c1-5-10(18)16-7-6-15(9-17)8-11(16)20-12(19)14-13(2,3)4/h8-9H,5-7H2,1-4H3,(H,14,19). The van der Waals surface area contributed by atoms with Crippen molar-refractivity contribution >= 4 is 18.4 Å². The van der Waals surface area contributed by atoms with Gasteiger partial charge >= 0.3 is 6.09 Å². The summed E-state index contributed by atoms with van der Waals surface area (Å²) < 4.78 is 5.15. The maximum Gasteiger partial charge on any atom is 0.414 e. The Hall–Kier alpha value is -2.05. The van der Waals surface area contributed by atoms with Crippen molar-refractivity contribution in [3.63, 3.8) is 0 Å². The molecule has 0 aromatic carbocycles. The van der Waals surface area contributed by atoms with Crippen molar-refractivity contribution < 1.29 is 19.1 Å². The summed E-state index contributed by atoms with van der Waals surface area (Å²) in [5.74, 6) is -0.0951. The van der Waals surface area contributed by atoms with Gasteiger partial charge in [-0.05, 0) is 20.8 Å². The van der Waals surface area contributed by atoms with Gasteiger partial charge < -0.3 is 15.0 Å². The fourth-order valence-electron chi connectivity index (χ4n) is 1.63. The number of hydrogen-bond donors (Lipinski definition) is 1. The molecule has 1 rings (SSSR count). The van der Waals surface area contributed by atoms with Crippen LogP contribution >= 0.6 is 0 Å². The molecule has 3 amide bonds. The first-order chi connectivity index (χ1) is 9.26. The summed E-state index contributed by atoms with van der Waals surface area (Å²) in [7, 11) is 0. The molecule has 0 bridgehead atoms. The molecule has 112 valence electrons. The van der Waals surface area contributed by atoms with Crippen molar-refractivity contribution in [3.05, 3.63) is 12.1 Å². The van der Waals surface area contributed by atoms with E-state index < -0.39 is 11.6 Å². The van der Waals surface area contributed by atoms with Crippen LogP contribution in [-0.4, -0.2) is 46.8 Å². The molecule has 0 aromatic heterocycles. The molecule has 1 N–H and O–H groups in total. The van der Waals surface area contributed by atoms with E-state index in [0.717, 1.165) is 0 Å². The van der Waals surface area contributed by atoms with Gasteiger partial charge in [-0.3, -0.25) is 14.5 Å². The lowest BCUT2D eigenvalue weighted by molar-refractivity contribution is -0.132. The molecule has 0 unspecified atom stereocenters. The number of carbonyl (C=O) groups excluding carboxylic acids is 3. The maximum absolute atomic E-state index is 11.8. The minimum atomic E-state index is -0.662. The molecule has 0 spiro atoms. The van der Waals surface area contributed by atoms with Crippen LogP contribution in [0.3, 0.4) is 0 Å². The fraction of sp³-hybridized carbons (Fsp3) is 0.615. The van der Waals surface area contributed by atoms with Crippen LogP contribution in [0, 0.1) is 0 Å². The van der Waals surface area contributed by atoms with Gasteiger partial charge in [0.25, 0.3) is 0 Å². The second kappa shape index (κ2) is 6.40. The third kappa shape index (κ3) is 4.56. The number of alkyl carbamates (subject to hydrolysis) is 1. The van der Waals surface area contributed by atoms with Crippen LogP contribution in [0.15, 0.2) is 12.1 Å². The monoisotopic (exact) mass is 283 g/mol. The molecule has 0 fully saturated rings. The van der Waals surface area contributed by atoms with E-state index >= 15 is 0 Å². The second-order valence-corrected chi connectivity index (χ2v) is 5.47. The minimum absolute atomic E-state index is 0.0666. The molecule has 0 saturated heterocycles. The number of carbonyl (C=O) groups is 3. The molecule has 0 saturated carbocycles. The van der Waals surface area contributed by atoms with E-state index in [-0.39, 0.29) is 11.8 Å². The number of amides is 3. The maximum atomic E-state index is 11.8.